The van der Waals surface area contributed by atoms with Crippen LogP contribution >= 0.6 is 0 Å². The SMILES string of the molecule is CCOc1ccc(CC(=O)NCC2CC(=O)N(CCc3ccccc3)C2)cc1. The molecule has 2 amide bonds. The summed E-state index contributed by atoms with van der Waals surface area (Å²) in [5, 5.41) is 2.98. The zero-order chi connectivity index (χ0) is 19.8. The molecule has 0 spiro atoms. The second kappa shape index (κ2) is 9.93. The normalized spacial score (nSPS) is 16.2. The van der Waals surface area contributed by atoms with Gasteiger partial charge in [0.05, 0.1) is 13.0 Å². The van der Waals surface area contributed by atoms with Gasteiger partial charge in [-0.15, -0.1) is 0 Å². The zero-order valence-corrected chi connectivity index (χ0v) is 16.4. The van der Waals surface area contributed by atoms with Gasteiger partial charge in [0.25, 0.3) is 0 Å². The molecule has 0 bridgehead atoms. The second-order valence-corrected chi connectivity index (χ2v) is 7.20. The van der Waals surface area contributed by atoms with Crippen molar-refractivity contribution < 1.29 is 14.3 Å². The Morgan fingerprint density at radius 3 is 2.57 bits per heavy atom. The maximum Gasteiger partial charge on any atom is 0.224 e. The maximum atomic E-state index is 12.2. The van der Waals surface area contributed by atoms with Crippen LogP contribution in [0.2, 0.25) is 0 Å². The number of hydrogen-bond acceptors (Lipinski definition) is 3. The molecule has 0 radical (unpaired) electrons. The van der Waals surface area contributed by atoms with Gasteiger partial charge in [0, 0.05) is 32.0 Å². The molecule has 1 fully saturated rings. The van der Waals surface area contributed by atoms with Crippen LogP contribution in [-0.2, 0) is 22.4 Å². The van der Waals surface area contributed by atoms with E-state index in [0.717, 1.165) is 30.8 Å². The molecule has 5 heteroatoms. The standard InChI is InChI=1S/C23H28N2O3/c1-2-28-21-10-8-19(9-11-21)14-22(26)24-16-20-15-23(27)25(17-20)13-12-18-6-4-3-5-7-18/h3-11,20H,2,12-17H2,1H3,(H,24,26). The third-order valence-corrected chi connectivity index (χ3v) is 4.99. The van der Waals surface area contributed by atoms with Crippen molar-refractivity contribution in [3.05, 3.63) is 65.7 Å². The van der Waals surface area contributed by atoms with E-state index in [0.29, 0.717) is 26.0 Å². The summed E-state index contributed by atoms with van der Waals surface area (Å²) in [5.74, 6) is 1.17. The average molecular weight is 380 g/mol. The number of carbonyl (C=O) groups excluding carboxylic acids is 2. The van der Waals surface area contributed by atoms with Crippen LogP contribution in [0.15, 0.2) is 54.6 Å². The molecule has 0 aliphatic carbocycles. The van der Waals surface area contributed by atoms with Crippen LogP contribution in [0.3, 0.4) is 0 Å². The van der Waals surface area contributed by atoms with Gasteiger partial charge in [0.2, 0.25) is 11.8 Å². The van der Waals surface area contributed by atoms with Crippen molar-refractivity contribution in [2.45, 2.75) is 26.2 Å². The number of rotatable bonds is 9. The smallest absolute Gasteiger partial charge is 0.224 e. The predicted octanol–water partition coefficient (Wildman–Crippen LogP) is 2.84. The van der Waals surface area contributed by atoms with Gasteiger partial charge in [0.1, 0.15) is 5.75 Å². The molecule has 1 aliphatic heterocycles. The molecule has 5 nitrogen and oxygen atoms in total. The van der Waals surface area contributed by atoms with E-state index in [-0.39, 0.29) is 17.7 Å². The predicted molar refractivity (Wildman–Crippen MR) is 109 cm³/mol. The Morgan fingerprint density at radius 2 is 1.86 bits per heavy atom. The molecule has 2 aromatic rings. The molecule has 1 N–H and O–H groups in total. The van der Waals surface area contributed by atoms with Crippen LogP contribution in [0.4, 0.5) is 0 Å². The quantitative estimate of drug-likeness (QED) is 0.728. The largest absolute Gasteiger partial charge is 0.494 e. The van der Waals surface area contributed by atoms with Gasteiger partial charge < -0.3 is 15.0 Å². The molecule has 1 aliphatic rings. The highest BCUT2D eigenvalue weighted by atomic mass is 16.5. The number of likely N-dealkylation sites (tertiary alicyclic amines) is 1. The summed E-state index contributed by atoms with van der Waals surface area (Å²) < 4.78 is 5.41. The lowest BCUT2D eigenvalue weighted by atomic mass is 10.1. The minimum Gasteiger partial charge on any atom is -0.494 e. The molecular weight excluding hydrogens is 352 g/mol. The summed E-state index contributed by atoms with van der Waals surface area (Å²) >= 11 is 0. The Bertz CT molecular complexity index is 774. The summed E-state index contributed by atoms with van der Waals surface area (Å²) in [5.41, 5.74) is 2.19. The van der Waals surface area contributed by atoms with Crippen molar-refractivity contribution in [2.75, 3.05) is 26.2 Å². The maximum absolute atomic E-state index is 12.2. The summed E-state index contributed by atoms with van der Waals surface area (Å²) in [7, 11) is 0. The van der Waals surface area contributed by atoms with Crippen molar-refractivity contribution in [2.24, 2.45) is 5.92 Å². The average Bonchev–Trinajstić information content (AvgIpc) is 3.07. The van der Waals surface area contributed by atoms with Crippen LogP contribution < -0.4 is 10.1 Å². The van der Waals surface area contributed by atoms with Crippen molar-refractivity contribution >= 4 is 11.8 Å². The van der Waals surface area contributed by atoms with E-state index in [9.17, 15) is 9.59 Å². The first-order valence-corrected chi connectivity index (χ1v) is 9.94. The Balaban J connectivity index is 1.39. The van der Waals surface area contributed by atoms with Gasteiger partial charge >= 0.3 is 0 Å². The number of benzene rings is 2. The minimum atomic E-state index is -0.0145. The molecule has 148 valence electrons. The Labute approximate surface area is 166 Å². The van der Waals surface area contributed by atoms with E-state index < -0.39 is 0 Å². The van der Waals surface area contributed by atoms with E-state index in [4.69, 9.17) is 4.74 Å². The number of ether oxygens (including phenoxy) is 1. The molecular formula is C23H28N2O3. The fourth-order valence-corrected chi connectivity index (χ4v) is 3.49. The van der Waals surface area contributed by atoms with Crippen molar-refractivity contribution in [3.63, 3.8) is 0 Å². The lowest BCUT2D eigenvalue weighted by Gasteiger charge is -2.17. The number of hydrogen-bond donors (Lipinski definition) is 1. The number of nitrogens with one attached hydrogen (secondary N) is 1. The first kappa shape index (κ1) is 19.9. The molecule has 28 heavy (non-hydrogen) atoms. The monoisotopic (exact) mass is 380 g/mol. The summed E-state index contributed by atoms with van der Waals surface area (Å²) in [6.45, 7) is 4.57. The third-order valence-electron chi connectivity index (χ3n) is 4.99. The second-order valence-electron chi connectivity index (χ2n) is 7.20. The Hall–Kier alpha value is -2.82. The van der Waals surface area contributed by atoms with Crippen molar-refractivity contribution in [3.8, 4) is 5.75 Å². The lowest BCUT2D eigenvalue weighted by Crippen LogP contribution is -2.32. The van der Waals surface area contributed by atoms with Crippen LogP contribution in [0.1, 0.15) is 24.5 Å². The van der Waals surface area contributed by atoms with Crippen LogP contribution in [0, 0.1) is 5.92 Å². The van der Waals surface area contributed by atoms with Crippen LogP contribution in [-0.4, -0.2) is 43.0 Å². The number of amides is 2. The third kappa shape index (κ3) is 5.84. The van der Waals surface area contributed by atoms with E-state index in [2.05, 4.69) is 17.4 Å². The summed E-state index contributed by atoms with van der Waals surface area (Å²) in [6, 6.07) is 17.8. The fourth-order valence-electron chi connectivity index (χ4n) is 3.49. The van der Waals surface area contributed by atoms with Gasteiger partial charge in [-0.2, -0.15) is 0 Å². The summed E-state index contributed by atoms with van der Waals surface area (Å²) in [6.07, 6.45) is 1.71. The molecule has 0 aromatic heterocycles. The Kier molecular flexibility index (Phi) is 7.06. The highest BCUT2D eigenvalue weighted by Crippen LogP contribution is 2.18. The molecule has 1 heterocycles. The van der Waals surface area contributed by atoms with E-state index in [1.54, 1.807) is 0 Å². The molecule has 0 saturated carbocycles. The van der Waals surface area contributed by atoms with Crippen molar-refractivity contribution in [1.82, 2.24) is 10.2 Å². The van der Waals surface area contributed by atoms with Crippen LogP contribution in [0.25, 0.3) is 0 Å². The lowest BCUT2D eigenvalue weighted by molar-refractivity contribution is -0.127. The first-order chi connectivity index (χ1) is 13.6. The number of nitrogens with zero attached hydrogens (tertiary/aromatic N) is 1. The van der Waals surface area contributed by atoms with Gasteiger partial charge in [-0.25, -0.2) is 0 Å². The molecule has 1 saturated heterocycles. The van der Waals surface area contributed by atoms with E-state index in [1.807, 2.05) is 54.3 Å². The minimum absolute atomic E-state index is 0.0145. The van der Waals surface area contributed by atoms with Gasteiger partial charge in [0.15, 0.2) is 0 Å². The Morgan fingerprint density at radius 1 is 1.11 bits per heavy atom. The molecule has 1 atom stereocenters. The fraction of sp³-hybridized carbons (Fsp3) is 0.391. The van der Waals surface area contributed by atoms with Gasteiger partial charge in [-0.3, -0.25) is 9.59 Å². The highest BCUT2D eigenvalue weighted by molar-refractivity contribution is 5.80. The molecule has 3 rings (SSSR count). The van der Waals surface area contributed by atoms with Crippen molar-refractivity contribution in [1.29, 1.82) is 0 Å². The van der Waals surface area contributed by atoms with Crippen LogP contribution in [0.5, 0.6) is 5.75 Å². The highest BCUT2D eigenvalue weighted by Gasteiger charge is 2.29. The zero-order valence-electron chi connectivity index (χ0n) is 16.4. The van der Waals surface area contributed by atoms with Gasteiger partial charge in [-0.1, -0.05) is 42.5 Å². The molecule has 1 unspecified atom stereocenters. The number of carbonyl (C=O) groups is 2. The topological polar surface area (TPSA) is 58.6 Å². The molecule has 2 aromatic carbocycles. The van der Waals surface area contributed by atoms with E-state index in [1.165, 1.54) is 5.56 Å². The summed E-state index contributed by atoms with van der Waals surface area (Å²) in [4.78, 5) is 26.4. The van der Waals surface area contributed by atoms with Gasteiger partial charge in [-0.05, 0) is 36.6 Å². The first-order valence-electron chi connectivity index (χ1n) is 9.94. The van der Waals surface area contributed by atoms with E-state index >= 15 is 0 Å².